The van der Waals surface area contributed by atoms with Gasteiger partial charge in [-0.1, -0.05) is 18.2 Å². The third-order valence-electron chi connectivity index (χ3n) is 6.30. The number of amides is 4. The number of rotatable bonds is 4. The van der Waals surface area contributed by atoms with Gasteiger partial charge in [0.2, 0.25) is 11.8 Å². The number of carbonyl (C=O) groups excluding carboxylic acids is 4. The van der Waals surface area contributed by atoms with Gasteiger partial charge in [0.25, 0.3) is 11.8 Å². The summed E-state index contributed by atoms with van der Waals surface area (Å²) in [4.78, 5) is 50.8. The van der Waals surface area contributed by atoms with Crippen molar-refractivity contribution in [1.29, 1.82) is 0 Å². The lowest BCUT2D eigenvalue weighted by atomic mass is 10.0. The van der Waals surface area contributed by atoms with Crippen molar-refractivity contribution >= 4 is 29.3 Å². The minimum atomic E-state index is -0.966. The van der Waals surface area contributed by atoms with E-state index >= 15 is 0 Å². The number of carbonyl (C=O) groups is 4. The molecule has 0 aromatic heterocycles. The van der Waals surface area contributed by atoms with Crippen LogP contribution < -0.4 is 16.4 Å². The SMILES string of the molecule is N[C@H]1CCc2cc(NCc3cccc4c3C(=O)N(C3CCC(=O)NC3=O)C4=O)ccc21. The molecule has 1 unspecified atom stereocenters. The number of nitrogens with two attached hydrogens (primary N) is 1. The summed E-state index contributed by atoms with van der Waals surface area (Å²) in [5.74, 6) is -1.99. The Kier molecular flexibility index (Phi) is 4.59. The number of nitrogens with one attached hydrogen (secondary N) is 2. The zero-order valence-corrected chi connectivity index (χ0v) is 16.8. The summed E-state index contributed by atoms with van der Waals surface area (Å²) in [6, 6.07) is 10.3. The molecule has 3 aliphatic rings. The van der Waals surface area contributed by atoms with Crippen molar-refractivity contribution in [2.45, 2.75) is 44.3 Å². The van der Waals surface area contributed by atoms with Gasteiger partial charge in [-0.2, -0.15) is 0 Å². The zero-order chi connectivity index (χ0) is 21.7. The molecule has 0 saturated carbocycles. The molecule has 1 saturated heterocycles. The lowest BCUT2D eigenvalue weighted by molar-refractivity contribution is -0.136. The standard InChI is InChI=1S/C23H22N4O4/c24-17-7-4-12-10-14(5-6-15(12)17)25-11-13-2-1-3-16-20(13)23(31)27(22(16)30)18-8-9-19(28)26-21(18)29/h1-3,5-6,10,17-18,25H,4,7-9,11,24H2,(H,26,28,29)/t17-,18?/m0/s1. The average molecular weight is 418 g/mol. The molecular formula is C23H22N4O4. The number of nitrogens with zero attached hydrogens (tertiary/aromatic N) is 1. The maximum Gasteiger partial charge on any atom is 0.262 e. The Morgan fingerprint density at radius 2 is 1.87 bits per heavy atom. The molecule has 5 rings (SSSR count). The quantitative estimate of drug-likeness (QED) is 0.649. The van der Waals surface area contributed by atoms with Crippen LogP contribution in [0.2, 0.25) is 0 Å². The van der Waals surface area contributed by atoms with Gasteiger partial charge in [-0.05, 0) is 54.2 Å². The third-order valence-corrected chi connectivity index (χ3v) is 6.30. The number of benzene rings is 2. The number of imide groups is 2. The number of hydrogen-bond acceptors (Lipinski definition) is 6. The first-order valence-corrected chi connectivity index (χ1v) is 10.4. The number of hydrogen-bond donors (Lipinski definition) is 3. The number of piperidine rings is 1. The molecule has 2 aliphatic heterocycles. The van der Waals surface area contributed by atoms with Gasteiger partial charge >= 0.3 is 0 Å². The van der Waals surface area contributed by atoms with Crippen LogP contribution in [0, 0.1) is 0 Å². The molecule has 158 valence electrons. The Morgan fingerprint density at radius 1 is 1.03 bits per heavy atom. The fourth-order valence-corrected chi connectivity index (χ4v) is 4.69. The van der Waals surface area contributed by atoms with E-state index in [0.717, 1.165) is 23.4 Å². The van der Waals surface area contributed by atoms with E-state index in [-0.39, 0.29) is 24.4 Å². The van der Waals surface area contributed by atoms with Gasteiger partial charge in [0.1, 0.15) is 6.04 Å². The van der Waals surface area contributed by atoms with E-state index in [1.165, 1.54) is 11.1 Å². The van der Waals surface area contributed by atoms with Crippen LogP contribution in [-0.2, 0) is 22.6 Å². The highest BCUT2D eigenvalue weighted by Crippen LogP contribution is 2.32. The van der Waals surface area contributed by atoms with Gasteiger partial charge in [-0.3, -0.25) is 29.4 Å². The van der Waals surface area contributed by atoms with Crippen molar-refractivity contribution in [3.8, 4) is 0 Å². The van der Waals surface area contributed by atoms with Crippen LogP contribution in [0.3, 0.4) is 0 Å². The first kappa shape index (κ1) is 19.4. The predicted molar refractivity (Wildman–Crippen MR) is 112 cm³/mol. The van der Waals surface area contributed by atoms with Crippen LogP contribution in [0.25, 0.3) is 0 Å². The van der Waals surface area contributed by atoms with E-state index in [9.17, 15) is 19.2 Å². The molecule has 2 aromatic carbocycles. The lowest BCUT2D eigenvalue weighted by Crippen LogP contribution is -2.54. The third kappa shape index (κ3) is 3.19. The Morgan fingerprint density at radius 3 is 2.68 bits per heavy atom. The van der Waals surface area contributed by atoms with Crippen LogP contribution in [0.15, 0.2) is 36.4 Å². The molecule has 31 heavy (non-hydrogen) atoms. The largest absolute Gasteiger partial charge is 0.381 e. The van der Waals surface area contributed by atoms with Crippen LogP contribution in [-0.4, -0.2) is 34.6 Å². The van der Waals surface area contributed by atoms with Crippen molar-refractivity contribution in [3.05, 3.63) is 64.2 Å². The van der Waals surface area contributed by atoms with E-state index in [2.05, 4.69) is 16.7 Å². The lowest BCUT2D eigenvalue weighted by Gasteiger charge is -2.27. The summed E-state index contributed by atoms with van der Waals surface area (Å²) in [5, 5.41) is 5.55. The second kappa shape index (κ2) is 7.31. The highest BCUT2D eigenvalue weighted by molar-refractivity contribution is 6.24. The maximum atomic E-state index is 13.2. The number of aryl methyl sites for hydroxylation is 1. The fourth-order valence-electron chi connectivity index (χ4n) is 4.69. The van der Waals surface area contributed by atoms with Gasteiger partial charge < -0.3 is 11.1 Å². The normalized spacial score (nSPS) is 22.4. The minimum absolute atomic E-state index is 0.0864. The van der Waals surface area contributed by atoms with E-state index in [1.807, 2.05) is 12.1 Å². The number of fused-ring (bicyclic) bond motifs is 2. The summed E-state index contributed by atoms with van der Waals surface area (Å²) in [6.45, 7) is 0.357. The van der Waals surface area contributed by atoms with E-state index in [1.54, 1.807) is 18.2 Å². The van der Waals surface area contributed by atoms with E-state index < -0.39 is 29.7 Å². The van der Waals surface area contributed by atoms with Crippen LogP contribution in [0.4, 0.5) is 5.69 Å². The molecule has 4 amide bonds. The van der Waals surface area contributed by atoms with Crippen molar-refractivity contribution in [1.82, 2.24) is 10.2 Å². The first-order valence-electron chi connectivity index (χ1n) is 10.4. The van der Waals surface area contributed by atoms with Crippen LogP contribution in [0.1, 0.15) is 62.7 Å². The number of anilines is 1. The first-order chi connectivity index (χ1) is 14.9. The van der Waals surface area contributed by atoms with Gasteiger partial charge in [0, 0.05) is 24.7 Å². The molecule has 8 heteroatoms. The van der Waals surface area contributed by atoms with Crippen molar-refractivity contribution in [3.63, 3.8) is 0 Å². The average Bonchev–Trinajstić information content (AvgIpc) is 3.24. The predicted octanol–water partition coefficient (Wildman–Crippen LogP) is 1.65. The fraction of sp³-hybridized carbons (Fsp3) is 0.304. The monoisotopic (exact) mass is 418 g/mol. The Bertz CT molecular complexity index is 1140. The second-order valence-corrected chi connectivity index (χ2v) is 8.20. The zero-order valence-electron chi connectivity index (χ0n) is 16.8. The molecule has 4 N–H and O–H groups in total. The molecular weight excluding hydrogens is 396 g/mol. The second-order valence-electron chi connectivity index (χ2n) is 8.20. The van der Waals surface area contributed by atoms with Crippen LogP contribution in [0.5, 0.6) is 0 Å². The van der Waals surface area contributed by atoms with Gasteiger partial charge in [0.05, 0.1) is 11.1 Å². The minimum Gasteiger partial charge on any atom is -0.381 e. The molecule has 0 bridgehead atoms. The Balaban J connectivity index is 1.38. The Labute approximate surface area is 178 Å². The Hall–Kier alpha value is -3.52. The van der Waals surface area contributed by atoms with E-state index in [4.69, 9.17) is 5.73 Å². The molecule has 2 aromatic rings. The molecule has 1 fully saturated rings. The summed E-state index contributed by atoms with van der Waals surface area (Å²) in [7, 11) is 0. The summed E-state index contributed by atoms with van der Waals surface area (Å²) in [6.07, 6.45) is 2.12. The smallest absolute Gasteiger partial charge is 0.262 e. The highest BCUT2D eigenvalue weighted by atomic mass is 16.2. The highest BCUT2D eigenvalue weighted by Gasteiger charge is 2.45. The molecule has 1 aliphatic carbocycles. The van der Waals surface area contributed by atoms with Gasteiger partial charge in [-0.15, -0.1) is 0 Å². The molecule has 8 nitrogen and oxygen atoms in total. The molecule has 0 radical (unpaired) electrons. The summed E-state index contributed by atoms with van der Waals surface area (Å²) < 4.78 is 0. The van der Waals surface area contributed by atoms with E-state index in [0.29, 0.717) is 17.7 Å². The summed E-state index contributed by atoms with van der Waals surface area (Å²) in [5.41, 5.74) is 10.7. The molecule has 2 heterocycles. The van der Waals surface area contributed by atoms with Gasteiger partial charge in [0.15, 0.2) is 0 Å². The van der Waals surface area contributed by atoms with Crippen LogP contribution >= 0.6 is 0 Å². The van der Waals surface area contributed by atoms with Crippen molar-refractivity contribution in [2.24, 2.45) is 5.73 Å². The van der Waals surface area contributed by atoms with Crippen molar-refractivity contribution < 1.29 is 19.2 Å². The summed E-state index contributed by atoms with van der Waals surface area (Å²) >= 11 is 0. The maximum absolute atomic E-state index is 13.2. The molecule has 2 atom stereocenters. The van der Waals surface area contributed by atoms with Crippen molar-refractivity contribution in [2.75, 3.05) is 5.32 Å². The van der Waals surface area contributed by atoms with Gasteiger partial charge in [-0.25, -0.2) is 0 Å². The topological polar surface area (TPSA) is 122 Å². The molecule has 0 spiro atoms.